The van der Waals surface area contributed by atoms with E-state index in [-0.39, 0.29) is 5.91 Å². The zero-order valence-corrected chi connectivity index (χ0v) is 14.8. The highest BCUT2D eigenvalue weighted by Gasteiger charge is 2.18. The molecule has 128 valence electrons. The number of hydrogen-bond acceptors (Lipinski definition) is 4. The second kappa shape index (κ2) is 7.81. The number of nitrogens with zero attached hydrogens (tertiary/aromatic N) is 1. The summed E-state index contributed by atoms with van der Waals surface area (Å²) in [4.78, 5) is 14.5. The van der Waals surface area contributed by atoms with Crippen molar-refractivity contribution in [3.63, 3.8) is 0 Å². The Morgan fingerprint density at radius 3 is 2.54 bits per heavy atom. The van der Waals surface area contributed by atoms with Crippen molar-refractivity contribution < 1.29 is 9.90 Å². The fourth-order valence-electron chi connectivity index (χ4n) is 3.07. The summed E-state index contributed by atoms with van der Waals surface area (Å²) in [6.07, 6.45) is 2.10. The van der Waals surface area contributed by atoms with E-state index in [4.69, 9.17) is 0 Å². The van der Waals surface area contributed by atoms with Gasteiger partial charge in [-0.15, -0.1) is 0 Å². The van der Waals surface area contributed by atoms with E-state index in [9.17, 15) is 9.90 Å². The summed E-state index contributed by atoms with van der Waals surface area (Å²) in [5, 5.41) is 16.1. The molecule has 1 aromatic carbocycles. The number of carbonyl (C=O) groups excluding carboxylic acids is 1. The number of carbonyl (C=O) groups is 1. The van der Waals surface area contributed by atoms with Crippen LogP contribution in [0, 0.1) is 12.8 Å². The first kappa shape index (κ1) is 17.0. The fraction of sp³-hybridized carbons (Fsp3) is 0.421. The molecule has 0 aliphatic carbocycles. The highest BCUT2D eigenvalue weighted by Crippen LogP contribution is 2.23. The number of aryl methyl sites for hydroxylation is 1. The summed E-state index contributed by atoms with van der Waals surface area (Å²) >= 11 is 1.55. The third-order valence-corrected chi connectivity index (χ3v) is 5.59. The molecule has 2 aromatic rings. The van der Waals surface area contributed by atoms with E-state index < -0.39 is 0 Å². The molecule has 1 aliphatic rings. The van der Waals surface area contributed by atoms with Crippen LogP contribution in [-0.4, -0.2) is 30.7 Å². The van der Waals surface area contributed by atoms with Crippen LogP contribution < -0.4 is 10.2 Å². The summed E-state index contributed by atoms with van der Waals surface area (Å²) in [5.74, 6) is 0.445. The molecule has 1 aliphatic heterocycles. The molecule has 0 saturated carbocycles. The summed E-state index contributed by atoms with van der Waals surface area (Å²) in [6.45, 7) is 4.80. The highest BCUT2D eigenvalue weighted by atomic mass is 32.1. The lowest BCUT2D eigenvalue weighted by Gasteiger charge is -2.33. The smallest absolute Gasteiger partial charge is 0.252 e. The monoisotopic (exact) mass is 344 g/mol. The number of amides is 1. The molecule has 0 radical (unpaired) electrons. The van der Waals surface area contributed by atoms with Crippen LogP contribution in [0.25, 0.3) is 0 Å². The van der Waals surface area contributed by atoms with Gasteiger partial charge < -0.3 is 15.3 Å². The predicted octanol–water partition coefficient (Wildman–Crippen LogP) is 3.20. The highest BCUT2D eigenvalue weighted by molar-refractivity contribution is 7.08. The van der Waals surface area contributed by atoms with Gasteiger partial charge in [-0.2, -0.15) is 11.3 Å². The maximum atomic E-state index is 12.1. The standard InChI is InChI=1S/C19H24N2O2S/c1-14-12-24-13-18(14)19(23)20-10-15-2-4-17(5-3-15)21-8-6-16(11-22)7-9-21/h2-5,12-13,16,22H,6-11H2,1H3,(H,20,23). The molecule has 0 bridgehead atoms. The SMILES string of the molecule is Cc1cscc1C(=O)NCc1ccc(N2CCC(CO)CC2)cc1. The van der Waals surface area contributed by atoms with Crippen molar-refractivity contribution in [3.8, 4) is 0 Å². The number of nitrogens with one attached hydrogen (secondary N) is 1. The molecule has 1 amide bonds. The number of piperidine rings is 1. The van der Waals surface area contributed by atoms with E-state index in [0.717, 1.165) is 42.6 Å². The van der Waals surface area contributed by atoms with Crippen LogP contribution in [0.2, 0.25) is 0 Å². The van der Waals surface area contributed by atoms with Gasteiger partial charge >= 0.3 is 0 Å². The van der Waals surface area contributed by atoms with Crippen molar-refractivity contribution >= 4 is 22.9 Å². The first-order valence-electron chi connectivity index (χ1n) is 8.43. The van der Waals surface area contributed by atoms with Gasteiger partial charge in [-0.1, -0.05) is 12.1 Å². The lowest BCUT2D eigenvalue weighted by molar-refractivity contribution is 0.0951. The Kier molecular flexibility index (Phi) is 5.53. The lowest BCUT2D eigenvalue weighted by Crippen LogP contribution is -2.34. The Bertz CT molecular complexity index is 673. The summed E-state index contributed by atoms with van der Waals surface area (Å²) in [6, 6.07) is 8.40. The molecular weight excluding hydrogens is 320 g/mol. The van der Waals surface area contributed by atoms with Crippen molar-refractivity contribution in [2.75, 3.05) is 24.6 Å². The minimum atomic E-state index is -0.0103. The van der Waals surface area contributed by atoms with E-state index in [1.54, 1.807) is 11.3 Å². The summed E-state index contributed by atoms with van der Waals surface area (Å²) in [5.41, 5.74) is 4.11. The molecule has 4 nitrogen and oxygen atoms in total. The number of benzene rings is 1. The Labute approximate surface area is 147 Å². The average molecular weight is 344 g/mol. The van der Waals surface area contributed by atoms with Crippen LogP contribution in [0.5, 0.6) is 0 Å². The number of aliphatic hydroxyl groups excluding tert-OH is 1. The molecule has 2 heterocycles. The zero-order chi connectivity index (χ0) is 16.9. The molecule has 0 atom stereocenters. The van der Waals surface area contributed by atoms with Crippen molar-refractivity contribution in [1.82, 2.24) is 5.32 Å². The Morgan fingerprint density at radius 1 is 1.25 bits per heavy atom. The normalized spacial score (nSPS) is 15.5. The molecule has 1 aromatic heterocycles. The molecule has 3 rings (SSSR count). The number of rotatable bonds is 5. The molecule has 1 saturated heterocycles. The maximum Gasteiger partial charge on any atom is 0.252 e. The third-order valence-electron chi connectivity index (χ3n) is 4.73. The van der Waals surface area contributed by atoms with Crippen LogP contribution in [0.1, 0.15) is 34.3 Å². The van der Waals surface area contributed by atoms with Gasteiger partial charge in [0.1, 0.15) is 0 Å². The van der Waals surface area contributed by atoms with Gasteiger partial charge in [0.15, 0.2) is 0 Å². The quantitative estimate of drug-likeness (QED) is 0.876. The maximum absolute atomic E-state index is 12.1. The molecule has 5 heteroatoms. The first-order valence-corrected chi connectivity index (χ1v) is 9.37. The van der Waals surface area contributed by atoms with E-state index in [1.807, 2.05) is 17.7 Å². The van der Waals surface area contributed by atoms with Gasteiger partial charge in [0.2, 0.25) is 0 Å². The number of hydrogen-bond donors (Lipinski definition) is 2. The van der Waals surface area contributed by atoms with Gasteiger partial charge in [0, 0.05) is 37.3 Å². The number of thiophene rings is 1. The van der Waals surface area contributed by atoms with Crippen LogP contribution in [0.3, 0.4) is 0 Å². The minimum Gasteiger partial charge on any atom is -0.396 e. The van der Waals surface area contributed by atoms with Crippen LogP contribution in [-0.2, 0) is 6.54 Å². The first-order chi connectivity index (χ1) is 11.7. The molecule has 24 heavy (non-hydrogen) atoms. The van der Waals surface area contributed by atoms with Gasteiger partial charge in [-0.25, -0.2) is 0 Å². The molecule has 0 unspecified atom stereocenters. The van der Waals surface area contributed by atoms with E-state index >= 15 is 0 Å². The van der Waals surface area contributed by atoms with E-state index in [0.29, 0.717) is 19.1 Å². The predicted molar refractivity (Wildman–Crippen MR) is 98.7 cm³/mol. The molecule has 0 spiro atoms. The molecule has 2 N–H and O–H groups in total. The van der Waals surface area contributed by atoms with Gasteiger partial charge in [-0.05, 0) is 54.3 Å². The van der Waals surface area contributed by atoms with Crippen LogP contribution >= 0.6 is 11.3 Å². The number of aliphatic hydroxyl groups is 1. The van der Waals surface area contributed by atoms with Crippen molar-refractivity contribution in [1.29, 1.82) is 0 Å². The fourth-order valence-corrected chi connectivity index (χ4v) is 3.90. The third kappa shape index (κ3) is 3.97. The Hall–Kier alpha value is -1.85. The van der Waals surface area contributed by atoms with Crippen LogP contribution in [0.15, 0.2) is 35.0 Å². The van der Waals surface area contributed by atoms with Gasteiger partial charge in [0.05, 0.1) is 5.56 Å². The number of anilines is 1. The van der Waals surface area contributed by atoms with Gasteiger partial charge in [0.25, 0.3) is 5.91 Å². The zero-order valence-electron chi connectivity index (χ0n) is 14.0. The van der Waals surface area contributed by atoms with Gasteiger partial charge in [-0.3, -0.25) is 4.79 Å². The van der Waals surface area contributed by atoms with Crippen LogP contribution in [0.4, 0.5) is 5.69 Å². The van der Waals surface area contributed by atoms with Crippen molar-refractivity contribution in [3.05, 3.63) is 51.7 Å². The second-order valence-electron chi connectivity index (χ2n) is 6.43. The largest absolute Gasteiger partial charge is 0.396 e. The second-order valence-corrected chi connectivity index (χ2v) is 7.17. The van der Waals surface area contributed by atoms with Crippen molar-refractivity contribution in [2.45, 2.75) is 26.3 Å². The summed E-state index contributed by atoms with van der Waals surface area (Å²) in [7, 11) is 0. The van der Waals surface area contributed by atoms with E-state index in [1.165, 1.54) is 5.69 Å². The van der Waals surface area contributed by atoms with Crippen molar-refractivity contribution in [2.24, 2.45) is 5.92 Å². The topological polar surface area (TPSA) is 52.6 Å². The Morgan fingerprint density at radius 2 is 1.96 bits per heavy atom. The minimum absolute atomic E-state index is 0.0103. The molecule has 1 fully saturated rings. The summed E-state index contributed by atoms with van der Waals surface area (Å²) < 4.78 is 0. The van der Waals surface area contributed by atoms with E-state index in [2.05, 4.69) is 34.5 Å². The average Bonchev–Trinajstić information content (AvgIpc) is 3.06. The Balaban J connectivity index is 1.53. The molecular formula is C19H24N2O2S. The lowest BCUT2D eigenvalue weighted by atomic mass is 9.97.